The van der Waals surface area contributed by atoms with E-state index in [-0.39, 0.29) is 18.6 Å². The van der Waals surface area contributed by atoms with Gasteiger partial charge < -0.3 is 15.7 Å². The van der Waals surface area contributed by atoms with E-state index in [1.165, 1.54) is 0 Å². The molecular weight excluding hydrogens is 168 g/mol. The molecule has 1 amide bonds. The molecule has 0 unspecified atom stereocenters. The van der Waals surface area contributed by atoms with Gasteiger partial charge in [0.05, 0.1) is 6.04 Å². The van der Waals surface area contributed by atoms with Gasteiger partial charge in [-0.2, -0.15) is 0 Å². The van der Waals surface area contributed by atoms with Gasteiger partial charge in [-0.1, -0.05) is 0 Å². The zero-order valence-corrected chi connectivity index (χ0v) is 8.66. The lowest BCUT2D eigenvalue weighted by molar-refractivity contribution is -0.134. The van der Waals surface area contributed by atoms with Gasteiger partial charge in [-0.25, -0.2) is 0 Å². The Bertz CT molecular complexity index is 158. The number of rotatable bonds is 5. The van der Waals surface area contributed by atoms with Gasteiger partial charge >= 0.3 is 0 Å². The van der Waals surface area contributed by atoms with Crippen LogP contribution in [0.1, 0.15) is 27.2 Å². The highest BCUT2D eigenvalue weighted by Gasteiger charge is 2.19. The average Bonchev–Trinajstić information content (AvgIpc) is 2.04. The molecule has 0 rings (SSSR count). The minimum atomic E-state index is -0.457. The highest BCUT2D eigenvalue weighted by molar-refractivity contribution is 5.81. The van der Waals surface area contributed by atoms with E-state index in [2.05, 4.69) is 0 Å². The van der Waals surface area contributed by atoms with Crippen molar-refractivity contribution in [3.8, 4) is 0 Å². The molecule has 0 heterocycles. The Hall–Kier alpha value is -0.610. The Morgan fingerprint density at radius 2 is 2.00 bits per heavy atom. The molecule has 78 valence electrons. The molecule has 0 aromatic carbocycles. The molecule has 0 fully saturated rings. The summed E-state index contributed by atoms with van der Waals surface area (Å²) in [4.78, 5) is 13.2. The summed E-state index contributed by atoms with van der Waals surface area (Å²) in [5.41, 5.74) is 5.49. The molecule has 0 saturated carbocycles. The van der Waals surface area contributed by atoms with Crippen LogP contribution in [0.15, 0.2) is 0 Å². The summed E-state index contributed by atoms with van der Waals surface area (Å²) < 4.78 is 0. The van der Waals surface area contributed by atoms with Crippen LogP contribution in [0, 0.1) is 0 Å². The predicted molar refractivity (Wildman–Crippen MR) is 52.2 cm³/mol. The van der Waals surface area contributed by atoms with Gasteiger partial charge in [0.15, 0.2) is 0 Å². The van der Waals surface area contributed by atoms with Crippen LogP contribution < -0.4 is 5.73 Å². The monoisotopic (exact) mass is 188 g/mol. The predicted octanol–water partition coefficient (Wildman–Crippen LogP) is -0.0470. The molecule has 4 heteroatoms. The topological polar surface area (TPSA) is 66.6 Å². The van der Waals surface area contributed by atoms with Crippen molar-refractivity contribution >= 4 is 5.91 Å². The van der Waals surface area contributed by atoms with Crippen LogP contribution in [0.25, 0.3) is 0 Å². The minimum Gasteiger partial charge on any atom is -0.396 e. The number of amides is 1. The normalized spacial score (nSPS) is 13.1. The van der Waals surface area contributed by atoms with Crippen molar-refractivity contribution in [1.29, 1.82) is 0 Å². The quantitative estimate of drug-likeness (QED) is 0.636. The lowest BCUT2D eigenvalue weighted by Gasteiger charge is -2.28. The zero-order chi connectivity index (χ0) is 10.4. The fraction of sp³-hybridized carbons (Fsp3) is 0.889. The second kappa shape index (κ2) is 5.94. The number of aliphatic hydroxyl groups is 1. The van der Waals surface area contributed by atoms with Crippen LogP contribution in [0.3, 0.4) is 0 Å². The smallest absolute Gasteiger partial charge is 0.239 e. The van der Waals surface area contributed by atoms with E-state index in [9.17, 15) is 4.79 Å². The van der Waals surface area contributed by atoms with Crippen LogP contribution in [-0.2, 0) is 4.79 Å². The van der Waals surface area contributed by atoms with Crippen LogP contribution in [0.4, 0.5) is 0 Å². The first-order valence-electron chi connectivity index (χ1n) is 4.67. The van der Waals surface area contributed by atoms with Crippen LogP contribution in [0.5, 0.6) is 0 Å². The SMILES string of the molecule is CC(C)N(CCCO)C(=O)[C@H](C)N. The molecule has 0 aromatic heterocycles. The van der Waals surface area contributed by atoms with Crippen molar-refractivity contribution in [2.45, 2.75) is 39.3 Å². The van der Waals surface area contributed by atoms with Gasteiger partial charge in [0.1, 0.15) is 0 Å². The van der Waals surface area contributed by atoms with Crippen LogP contribution in [0.2, 0.25) is 0 Å². The van der Waals surface area contributed by atoms with Gasteiger partial charge in [-0.15, -0.1) is 0 Å². The molecule has 1 atom stereocenters. The van der Waals surface area contributed by atoms with E-state index in [0.717, 1.165) is 0 Å². The molecule has 3 N–H and O–H groups in total. The third kappa shape index (κ3) is 4.24. The Kier molecular flexibility index (Phi) is 5.66. The number of nitrogens with zero attached hydrogens (tertiary/aromatic N) is 1. The second-order valence-electron chi connectivity index (χ2n) is 3.49. The maximum Gasteiger partial charge on any atom is 0.239 e. The van der Waals surface area contributed by atoms with Crippen molar-refractivity contribution in [2.24, 2.45) is 5.73 Å². The molecule has 0 radical (unpaired) electrons. The van der Waals surface area contributed by atoms with Gasteiger partial charge in [0.25, 0.3) is 0 Å². The minimum absolute atomic E-state index is 0.0524. The van der Waals surface area contributed by atoms with E-state index in [4.69, 9.17) is 10.8 Å². The summed E-state index contributed by atoms with van der Waals surface area (Å²) in [6.45, 7) is 6.25. The van der Waals surface area contributed by atoms with Crippen molar-refractivity contribution in [2.75, 3.05) is 13.2 Å². The molecule has 0 aliphatic carbocycles. The van der Waals surface area contributed by atoms with Crippen molar-refractivity contribution in [1.82, 2.24) is 4.90 Å². The summed E-state index contributed by atoms with van der Waals surface area (Å²) >= 11 is 0. The van der Waals surface area contributed by atoms with Gasteiger partial charge in [0, 0.05) is 19.2 Å². The molecule has 0 spiro atoms. The van der Waals surface area contributed by atoms with E-state index in [0.29, 0.717) is 13.0 Å². The largest absolute Gasteiger partial charge is 0.396 e. The van der Waals surface area contributed by atoms with Crippen LogP contribution >= 0.6 is 0 Å². The van der Waals surface area contributed by atoms with Gasteiger partial charge in [0.2, 0.25) is 5.91 Å². The van der Waals surface area contributed by atoms with E-state index < -0.39 is 6.04 Å². The number of hydrogen-bond donors (Lipinski definition) is 2. The first-order chi connectivity index (χ1) is 6.00. The molecule has 0 saturated heterocycles. The number of carbonyl (C=O) groups excluding carboxylic acids is 1. The fourth-order valence-corrected chi connectivity index (χ4v) is 1.13. The Balaban J connectivity index is 4.16. The summed E-state index contributed by atoms with van der Waals surface area (Å²) in [6, 6.07) is -0.314. The summed E-state index contributed by atoms with van der Waals surface area (Å²) in [5, 5.41) is 8.65. The summed E-state index contributed by atoms with van der Waals surface area (Å²) in [7, 11) is 0. The van der Waals surface area contributed by atoms with Crippen molar-refractivity contribution in [3.63, 3.8) is 0 Å². The first kappa shape index (κ1) is 12.4. The van der Waals surface area contributed by atoms with E-state index in [1.54, 1.807) is 11.8 Å². The molecule has 0 aliphatic rings. The molecular formula is C9H20N2O2. The Labute approximate surface area is 79.7 Å². The number of carbonyl (C=O) groups is 1. The molecule has 0 aliphatic heterocycles. The standard InChI is InChI=1S/C9H20N2O2/c1-7(2)11(5-4-6-12)9(13)8(3)10/h7-8,12H,4-6,10H2,1-3H3/t8-/m0/s1. The first-order valence-corrected chi connectivity index (χ1v) is 4.67. The number of hydrogen-bond acceptors (Lipinski definition) is 3. The summed E-state index contributed by atoms with van der Waals surface area (Å²) in [5.74, 6) is -0.0524. The number of aliphatic hydroxyl groups excluding tert-OH is 1. The lowest BCUT2D eigenvalue weighted by atomic mass is 10.2. The van der Waals surface area contributed by atoms with Gasteiger partial charge in [-0.3, -0.25) is 4.79 Å². The highest BCUT2D eigenvalue weighted by Crippen LogP contribution is 2.02. The van der Waals surface area contributed by atoms with E-state index >= 15 is 0 Å². The zero-order valence-electron chi connectivity index (χ0n) is 8.66. The molecule has 4 nitrogen and oxygen atoms in total. The summed E-state index contributed by atoms with van der Waals surface area (Å²) in [6.07, 6.45) is 0.608. The number of nitrogens with two attached hydrogens (primary N) is 1. The second-order valence-corrected chi connectivity index (χ2v) is 3.49. The molecule has 0 bridgehead atoms. The van der Waals surface area contributed by atoms with Gasteiger partial charge in [-0.05, 0) is 27.2 Å². The van der Waals surface area contributed by atoms with Crippen molar-refractivity contribution in [3.05, 3.63) is 0 Å². The fourth-order valence-electron chi connectivity index (χ4n) is 1.13. The Morgan fingerprint density at radius 1 is 1.46 bits per heavy atom. The lowest BCUT2D eigenvalue weighted by Crippen LogP contribution is -2.46. The molecule has 13 heavy (non-hydrogen) atoms. The third-order valence-corrected chi connectivity index (χ3v) is 1.85. The third-order valence-electron chi connectivity index (χ3n) is 1.85. The average molecular weight is 188 g/mol. The van der Waals surface area contributed by atoms with Crippen molar-refractivity contribution < 1.29 is 9.90 Å². The van der Waals surface area contributed by atoms with Crippen LogP contribution in [-0.4, -0.2) is 41.1 Å². The molecule has 0 aromatic rings. The maximum atomic E-state index is 11.5. The Morgan fingerprint density at radius 3 is 2.31 bits per heavy atom. The van der Waals surface area contributed by atoms with E-state index in [1.807, 2.05) is 13.8 Å². The maximum absolute atomic E-state index is 11.5. The highest BCUT2D eigenvalue weighted by atomic mass is 16.3.